The predicted molar refractivity (Wildman–Crippen MR) is 93.1 cm³/mol. The Labute approximate surface area is 160 Å². The summed E-state index contributed by atoms with van der Waals surface area (Å²) in [6.45, 7) is -0.459. The number of rotatable bonds is 6. The lowest BCUT2D eigenvalue weighted by Crippen LogP contribution is -2.54. The molecule has 1 N–H and O–H groups in total. The summed E-state index contributed by atoms with van der Waals surface area (Å²) in [5, 5.41) is 9.66. The molecule has 0 aliphatic carbocycles. The van der Waals surface area contributed by atoms with Crippen molar-refractivity contribution in [3.8, 4) is 0 Å². The van der Waals surface area contributed by atoms with Gasteiger partial charge in [0.2, 0.25) is 15.7 Å². The van der Waals surface area contributed by atoms with Crippen LogP contribution in [0.5, 0.6) is 0 Å². The Balaban J connectivity index is 2.12. The minimum Gasteiger partial charge on any atom is -0.480 e. The summed E-state index contributed by atoms with van der Waals surface area (Å²) < 4.78 is 62.5. The van der Waals surface area contributed by atoms with E-state index in [0.717, 1.165) is 22.4 Å². The quantitative estimate of drug-likeness (QED) is 0.477. The molecule has 1 aliphatic rings. The zero-order chi connectivity index (χ0) is 19.7. The minimum absolute atomic E-state index is 0.119. The maximum absolute atomic E-state index is 12.5. The van der Waals surface area contributed by atoms with Crippen molar-refractivity contribution in [3.05, 3.63) is 38.8 Å². The van der Waals surface area contributed by atoms with E-state index < -0.39 is 40.1 Å². The van der Waals surface area contributed by atoms with Crippen molar-refractivity contribution in [3.63, 3.8) is 0 Å². The second-order valence-corrected chi connectivity index (χ2v) is 8.79. The molecule has 1 fully saturated rings. The van der Waals surface area contributed by atoms with Crippen LogP contribution in [-0.4, -0.2) is 42.9 Å². The van der Waals surface area contributed by atoms with Crippen molar-refractivity contribution in [1.82, 2.24) is 4.90 Å². The predicted octanol–water partition coefficient (Wildman–Crippen LogP) is 2.83. The van der Waals surface area contributed by atoms with E-state index >= 15 is 0 Å². The first kappa shape index (κ1) is 20.7. The monoisotopic (exact) mass is 503 g/mol. The summed E-state index contributed by atoms with van der Waals surface area (Å²) in [6.07, 6.45) is -4.29. The Morgan fingerprint density at radius 2 is 1.88 bits per heavy atom. The number of sulfone groups is 1. The number of aliphatic carboxylic acids is 1. The molecule has 1 amide bonds. The number of hydrogen-bond donors (Lipinski definition) is 1. The molecular formula is C15H13F3INO5S. The zero-order valence-corrected chi connectivity index (χ0v) is 16.0. The van der Waals surface area contributed by atoms with Crippen molar-refractivity contribution in [2.24, 2.45) is 0 Å². The fourth-order valence-electron chi connectivity index (χ4n) is 2.41. The Bertz CT molecular complexity index is 849. The number of carbonyl (C=O) groups is 2. The molecule has 0 saturated carbocycles. The highest BCUT2D eigenvalue weighted by Gasteiger charge is 2.37. The topological polar surface area (TPSA) is 91.8 Å². The Morgan fingerprint density at radius 1 is 1.31 bits per heavy atom. The molecule has 26 heavy (non-hydrogen) atoms. The van der Waals surface area contributed by atoms with E-state index in [4.69, 9.17) is 5.11 Å². The third-order valence-corrected chi connectivity index (χ3v) is 6.40. The van der Waals surface area contributed by atoms with E-state index in [2.05, 4.69) is 0 Å². The number of benzene rings is 1. The fourth-order valence-corrected chi connectivity index (χ4v) is 5.01. The molecule has 1 saturated heterocycles. The van der Waals surface area contributed by atoms with E-state index in [1.54, 1.807) is 22.6 Å². The number of carbonyl (C=O) groups excluding carboxylic acids is 1. The maximum Gasteiger partial charge on any atom is 0.416 e. The van der Waals surface area contributed by atoms with Gasteiger partial charge in [-0.15, -0.1) is 0 Å². The molecule has 1 heterocycles. The van der Waals surface area contributed by atoms with Crippen LogP contribution < -0.4 is 0 Å². The second kappa shape index (κ2) is 7.55. The molecule has 1 unspecified atom stereocenters. The summed E-state index contributed by atoms with van der Waals surface area (Å²) in [5.41, 5.74) is -0.951. The third kappa shape index (κ3) is 4.96. The zero-order valence-electron chi connectivity index (χ0n) is 13.0. The highest BCUT2D eigenvalue weighted by molar-refractivity contribution is 14.1. The lowest BCUT2D eigenvalue weighted by atomic mass is 9.99. The van der Waals surface area contributed by atoms with Crippen molar-refractivity contribution in [2.75, 3.05) is 6.54 Å². The van der Waals surface area contributed by atoms with Gasteiger partial charge in [-0.3, -0.25) is 9.59 Å². The summed E-state index contributed by atoms with van der Waals surface area (Å²) in [7, 11) is -3.96. The highest BCUT2D eigenvalue weighted by Crippen LogP contribution is 2.31. The number of β-lactam (4-membered cyclic amide) rings is 1. The molecule has 1 aliphatic heterocycles. The van der Waals surface area contributed by atoms with Crippen LogP contribution in [-0.2, 0) is 25.6 Å². The maximum atomic E-state index is 12.5. The van der Waals surface area contributed by atoms with Gasteiger partial charge in [0.1, 0.15) is 6.54 Å². The van der Waals surface area contributed by atoms with Crippen LogP contribution >= 0.6 is 22.6 Å². The molecule has 1 aromatic rings. The molecule has 1 atom stereocenters. The van der Waals surface area contributed by atoms with Crippen LogP contribution in [0.2, 0.25) is 0 Å². The van der Waals surface area contributed by atoms with Crippen LogP contribution in [0.1, 0.15) is 18.4 Å². The highest BCUT2D eigenvalue weighted by atomic mass is 127. The van der Waals surface area contributed by atoms with Crippen molar-refractivity contribution in [1.29, 1.82) is 0 Å². The SMILES string of the molecule is O=C(O)CN1C(=O)CC1CC(I)=CS(=O)(=O)c1ccc(C(F)(F)F)cc1. The number of likely N-dealkylation sites (tertiary alicyclic amines) is 1. The van der Waals surface area contributed by atoms with E-state index in [0.29, 0.717) is 15.7 Å². The van der Waals surface area contributed by atoms with Crippen LogP contribution in [0.25, 0.3) is 0 Å². The molecule has 1 aromatic carbocycles. The molecule has 142 valence electrons. The van der Waals surface area contributed by atoms with E-state index in [-0.39, 0.29) is 23.6 Å². The van der Waals surface area contributed by atoms with E-state index in [1.165, 1.54) is 0 Å². The summed E-state index contributed by atoms with van der Waals surface area (Å²) in [4.78, 5) is 23.0. The first-order valence-electron chi connectivity index (χ1n) is 7.20. The van der Waals surface area contributed by atoms with Crippen LogP contribution in [0.3, 0.4) is 0 Å². The first-order valence-corrected chi connectivity index (χ1v) is 9.82. The second-order valence-electron chi connectivity index (χ2n) is 5.61. The normalized spacial score (nSPS) is 18.6. The molecule has 11 heteroatoms. The van der Waals surface area contributed by atoms with Gasteiger partial charge < -0.3 is 10.0 Å². The van der Waals surface area contributed by atoms with Gasteiger partial charge in [-0.1, -0.05) is 0 Å². The lowest BCUT2D eigenvalue weighted by molar-refractivity contribution is -0.154. The number of alkyl halides is 3. The van der Waals surface area contributed by atoms with E-state index in [1.807, 2.05) is 0 Å². The Kier molecular flexibility index (Phi) is 6.00. The minimum atomic E-state index is -4.56. The van der Waals surface area contributed by atoms with Gasteiger partial charge in [0.05, 0.1) is 10.5 Å². The van der Waals surface area contributed by atoms with Crippen LogP contribution in [0, 0.1) is 0 Å². The van der Waals surface area contributed by atoms with Gasteiger partial charge in [0.25, 0.3) is 0 Å². The number of hydrogen-bond acceptors (Lipinski definition) is 4. The summed E-state index contributed by atoms with van der Waals surface area (Å²) in [5.74, 6) is -1.49. The largest absolute Gasteiger partial charge is 0.480 e. The van der Waals surface area contributed by atoms with Crippen LogP contribution in [0.15, 0.2) is 38.1 Å². The molecule has 0 spiro atoms. The summed E-state index contributed by atoms with van der Waals surface area (Å²) in [6, 6.07) is 2.72. The lowest BCUT2D eigenvalue weighted by Gasteiger charge is -2.39. The van der Waals surface area contributed by atoms with Gasteiger partial charge in [-0.25, -0.2) is 8.42 Å². The van der Waals surface area contributed by atoms with Gasteiger partial charge in [-0.05, 0) is 53.3 Å². The summed E-state index contributed by atoms with van der Waals surface area (Å²) >= 11 is 1.75. The third-order valence-electron chi connectivity index (χ3n) is 3.70. The van der Waals surface area contributed by atoms with Crippen molar-refractivity contribution < 1.29 is 36.3 Å². The van der Waals surface area contributed by atoms with Gasteiger partial charge in [0.15, 0.2) is 0 Å². The van der Waals surface area contributed by atoms with Gasteiger partial charge >= 0.3 is 12.1 Å². The number of amides is 1. The van der Waals surface area contributed by atoms with Crippen LogP contribution in [0.4, 0.5) is 13.2 Å². The Hall–Kier alpha value is -1.63. The number of carboxylic acids is 1. The smallest absolute Gasteiger partial charge is 0.416 e. The Morgan fingerprint density at radius 3 is 2.35 bits per heavy atom. The molecule has 0 bridgehead atoms. The fraction of sp³-hybridized carbons (Fsp3) is 0.333. The van der Waals surface area contributed by atoms with Crippen molar-refractivity contribution in [2.45, 2.75) is 30.0 Å². The average molecular weight is 503 g/mol. The van der Waals surface area contributed by atoms with Gasteiger partial charge in [-0.2, -0.15) is 13.2 Å². The first-order chi connectivity index (χ1) is 11.9. The molecule has 6 nitrogen and oxygen atoms in total. The van der Waals surface area contributed by atoms with E-state index in [9.17, 15) is 31.2 Å². The number of nitrogens with zero attached hydrogens (tertiary/aromatic N) is 1. The van der Waals surface area contributed by atoms with Gasteiger partial charge in [0, 0.05) is 21.5 Å². The van der Waals surface area contributed by atoms with Crippen molar-refractivity contribution >= 4 is 44.3 Å². The standard InChI is InChI=1S/C15H13F3INO5S/c16-15(17,18)9-1-3-12(4-2-9)26(24,25)8-10(19)5-11-6-13(21)20(11)7-14(22)23/h1-4,8,11H,5-7H2,(H,22,23). The number of carboxylic acid groups (broad SMARTS) is 1. The molecule has 0 radical (unpaired) electrons. The average Bonchev–Trinajstić information content (AvgIpc) is 2.51. The number of halogens is 4. The molecule has 2 rings (SSSR count). The molecule has 0 aromatic heterocycles. The molecular weight excluding hydrogens is 490 g/mol.